The normalized spacial score (nSPS) is 23.9. The highest BCUT2D eigenvalue weighted by Gasteiger charge is 2.40. The van der Waals surface area contributed by atoms with Gasteiger partial charge in [-0.05, 0) is 13.0 Å². The van der Waals surface area contributed by atoms with Gasteiger partial charge < -0.3 is 10.2 Å². The standard InChI is InChI=1S/C8H13F3N2O/c1-2-13-4-3-6(5-13)12-7(14)8(9,10)11/h6H,2-5H2,1H3,(H,12,14). The van der Waals surface area contributed by atoms with E-state index >= 15 is 0 Å². The lowest BCUT2D eigenvalue weighted by atomic mass is 10.2. The number of likely N-dealkylation sites (tertiary alicyclic amines) is 1. The SMILES string of the molecule is CCN1CCC(NC(=O)C(F)(F)F)C1. The Hall–Kier alpha value is -0.780. The van der Waals surface area contributed by atoms with Crippen LogP contribution in [0.15, 0.2) is 0 Å². The maximum absolute atomic E-state index is 11.9. The second-order valence-corrected chi connectivity index (χ2v) is 3.35. The molecule has 1 unspecified atom stereocenters. The number of halogens is 3. The summed E-state index contributed by atoms with van der Waals surface area (Å²) < 4.78 is 35.6. The quantitative estimate of drug-likeness (QED) is 0.729. The first-order chi connectivity index (χ1) is 6.43. The third kappa shape index (κ3) is 2.87. The monoisotopic (exact) mass is 210 g/mol. The number of likely N-dealkylation sites (N-methyl/N-ethyl adjacent to an activating group) is 1. The highest BCUT2D eigenvalue weighted by Crippen LogP contribution is 2.16. The molecule has 1 aliphatic rings. The van der Waals surface area contributed by atoms with E-state index < -0.39 is 12.1 Å². The number of rotatable bonds is 2. The molecule has 3 nitrogen and oxygen atoms in total. The first-order valence-electron chi connectivity index (χ1n) is 4.53. The van der Waals surface area contributed by atoms with Crippen molar-refractivity contribution in [2.45, 2.75) is 25.6 Å². The molecule has 1 amide bonds. The lowest BCUT2D eigenvalue weighted by molar-refractivity contribution is -0.174. The number of amides is 1. The fraction of sp³-hybridized carbons (Fsp3) is 0.875. The smallest absolute Gasteiger partial charge is 0.344 e. The number of carbonyl (C=O) groups excluding carboxylic acids is 1. The molecule has 0 bridgehead atoms. The molecule has 0 spiro atoms. The molecule has 6 heteroatoms. The van der Waals surface area contributed by atoms with E-state index in [1.165, 1.54) is 0 Å². The van der Waals surface area contributed by atoms with Crippen LogP contribution in [0.5, 0.6) is 0 Å². The van der Waals surface area contributed by atoms with Gasteiger partial charge in [0.15, 0.2) is 0 Å². The van der Waals surface area contributed by atoms with Crippen molar-refractivity contribution in [1.82, 2.24) is 10.2 Å². The van der Waals surface area contributed by atoms with Gasteiger partial charge in [0.05, 0.1) is 0 Å². The van der Waals surface area contributed by atoms with Crippen molar-refractivity contribution in [2.24, 2.45) is 0 Å². The summed E-state index contributed by atoms with van der Waals surface area (Å²) in [6.07, 6.45) is -4.17. The third-order valence-electron chi connectivity index (χ3n) is 2.31. The van der Waals surface area contributed by atoms with E-state index in [1.807, 2.05) is 17.1 Å². The van der Waals surface area contributed by atoms with Gasteiger partial charge in [0.2, 0.25) is 0 Å². The Balaban J connectivity index is 2.36. The van der Waals surface area contributed by atoms with Gasteiger partial charge in [-0.1, -0.05) is 6.92 Å². The van der Waals surface area contributed by atoms with Crippen LogP contribution in [0.1, 0.15) is 13.3 Å². The molecular formula is C8H13F3N2O. The predicted octanol–water partition coefficient (Wildman–Crippen LogP) is 0.759. The van der Waals surface area contributed by atoms with Gasteiger partial charge in [-0.25, -0.2) is 0 Å². The Morgan fingerprint density at radius 3 is 2.64 bits per heavy atom. The second-order valence-electron chi connectivity index (χ2n) is 3.35. The summed E-state index contributed by atoms with van der Waals surface area (Å²) in [5, 5.41) is 1.98. The van der Waals surface area contributed by atoms with E-state index in [4.69, 9.17) is 0 Å². The Morgan fingerprint density at radius 1 is 1.57 bits per heavy atom. The number of nitrogens with one attached hydrogen (secondary N) is 1. The van der Waals surface area contributed by atoms with Crippen molar-refractivity contribution < 1.29 is 18.0 Å². The average molecular weight is 210 g/mol. The van der Waals surface area contributed by atoms with E-state index in [1.54, 1.807) is 0 Å². The van der Waals surface area contributed by atoms with Gasteiger partial charge in [0.25, 0.3) is 0 Å². The fourth-order valence-electron chi connectivity index (χ4n) is 1.50. The van der Waals surface area contributed by atoms with Crippen LogP contribution in [0.3, 0.4) is 0 Å². The fourth-order valence-corrected chi connectivity index (χ4v) is 1.50. The van der Waals surface area contributed by atoms with E-state index in [0.717, 1.165) is 13.1 Å². The van der Waals surface area contributed by atoms with Crippen LogP contribution in [-0.2, 0) is 4.79 Å². The number of alkyl halides is 3. The van der Waals surface area contributed by atoms with Crippen molar-refractivity contribution in [3.8, 4) is 0 Å². The predicted molar refractivity (Wildman–Crippen MR) is 44.7 cm³/mol. The van der Waals surface area contributed by atoms with Gasteiger partial charge in [-0.15, -0.1) is 0 Å². The van der Waals surface area contributed by atoms with Gasteiger partial charge in [0.1, 0.15) is 0 Å². The van der Waals surface area contributed by atoms with Crippen LogP contribution in [0.2, 0.25) is 0 Å². The number of carbonyl (C=O) groups is 1. The van der Waals surface area contributed by atoms with Crippen LogP contribution >= 0.6 is 0 Å². The van der Waals surface area contributed by atoms with Gasteiger partial charge >= 0.3 is 12.1 Å². The lowest BCUT2D eigenvalue weighted by Crippen LogP contribution is -2.44. The van der Waals surface area contributed by atoms with Crippen molar-refractivity contribution in [3.63, 3.8) is 0 Å². The molecule has 1 heterocycles. The second kappa shape index (κ2) is 4.16. The van der Waals surface area contributed by atoms with E-state index in [9.17, 15) is 18.0 Å². The molecule has 0 aliphatic carbocycles. The van der Waals surface area contributed by atoms with Gasteiger partial charge in [-0.2, -0.15) is 13.2 Å². The minimum Gasteiger partial charge on any atom is -0.344 e. The van der Waals surface area contributed by atoms with Crippen LogP contribution < -0.4 is 5.32 Å². The zero-order valence-corrected chi connectivity index (χ0v) is 7.90. The van der Waals surface area contributed by atoms with Crippen LogP contribution in [0, 0.1) is 0 Å². The van der Waals surface area contributed by atoms with Gasteiger partial charge in [0, 0.05) is 19.1 Å². The maximum atomic E-state index is 11.9. The minimum absolute atomic E-state index is 0.357. The van der Waals surface area contributed by atoms with Crippen LogP contribution in [-0.4, -0.2) is 42.7 Å². The summed E-state index contributed by atoms with van der Waals surface area (Å²) >= 11 is 0. The van der Waals surface area contributed by atoms with Crippen molar-refractivity contribution in [3.05, 3.63) is 0 Å². The summed E-state index contributed by atoms with van der Waals surface area (Å²) in [6.45, 7) is 4.00. The zero-order chi connectivity index (χ0) is 10.8. The molecule has 0 aromatic carbocycles. The molecule has 1 atom stereocenters. The van der Waals surface area contributed by atoms with E-state index in [-0.39, 0.29) is 6.04 Å². The highest BCUT2D eigenvalue weighted by molar-refractivity contribution is 5.81. The number of hydrogen-bond donors (Lipinski definition) is 1. The molecule has 0 radical (unpaired) electrons. The summed E-state index contributed by atoms with van der Waals surface area (Å²) in [5.41, 5.74) is 0. The van der Waals surface area contributed by atoms with Crippen molar-refractivity contribution in [1.29, 1.82) is 0 Å². The molecule has 1 fully saturated rings. The summed E-state index contributed by atoms with van der Waals surface area (Å²) in [7, 11) is 0. The Kier molecular flexibility index (Phi) is 3.36. The molecule has 0 saturated carbocycles. The third-order valence-corrected chi connectivity index (χ3v) is 2.31. The molecule has 82 valence electrons. The molecule has 0 aromatic heterocycles. The van der Waals surface area contributed by atoms with Crippen LogP contribution in [0.4, 0.5) is 13.2 Å². The summed E-state index contributed by atoms with van der Waals surface area (Å²) in [5.74, 6) is -1.83. The largest absolute Gasteiger partial charge is 0.471 e. The Morgan fingerprint density at radius 2 is 2.21 bits per heavy atom. The van der Waals surface area contributed by atoms with Crippen molar-refractivity contribution in [2.75, 3.05) is 19.6 Å². The maximum Gasteiger partial charge on any atom is 0.471 e. The number of hydrogen-bond acceptors (Lipinski definition) is 2. The molecular weight excluding hydrogens is 197 g/mol. The summed E-state index contributed by atoms with van der Waals surface area (Å²) in [4.78, 5) is 12.6. The van der Waals surface area contributed by atoms with Crippen molar-refractivity contribution >= 4 is 5.91 Å². The Labute approximate surface area is 80.3 Å². The molecule has 1 rings (SSSR count). The topological polar surface area (TPSA) is 32.3 Å². The minimum atomic E-state index is -4.76. The Bertz CT molecular complexity index is 217. The van der Waals surface area contributed by atoms with Gasteiger partial charge in [-0.3, -0.25) is 4.79 Å². The summed E-state index contributed by atoms with van der Waals surface area (Å²) in [6, 6.07) is -0.357. The average Bonchev–Trinajstić information content (AvgIpc) is 2.50. The first-order valence-corrected chi connectivity index (χ1v) is 4.53. The molecule has 0 aromatic rings. The number of nitrogens with zero attached hydrogens (tertiary/aromatic N) is 1. The van der Waals surface area contributed by atoms with E-state index in [0.29, 0.717) is 13.0 Å². The highest BCUT2D eigenvalue weighted by atomic mass is 19.4. The molecule has 14 heavy (non-hydrogen) atoms. The first kappa shape index (κ1) is 11.3. The molecule has 1 saturated heterocycles. The lowest BCUT2D eigenvalue weighted by Gasteiger charge is -2.15. The molecule has 1 N–H and O–H groups in total. The zero-order valence-electron chi connectivity index (χ0n) is 7.90. The molecule has 1 aliphatic heterocycles. The van der Waals surface area contributed by atoms with Crippen LogP contribution in [0.25, 0.3) is 0 Å². The van der Waals surface area contributed by atoms with E-state index in [2.05, 4.69) is 0 Å².